The summed E-state index contributed by atoms with van der Waals surface area (Å²) in [5.41, 5.74) is 3.37. The van der Waals surface area contributed by atoms with Crippen molar-refractivity contribution in [2.75, 3.05) is 5.73 Å². The number of rotatable bonds is 5. The first-order valence-electron chi connectivity index (χ1n) is 9.51. The van der Waals surface area contributed by atoms with Crippen molar-refractivity contribution in [2.24, 2.45) is 10.2 Å². The van der Waals surface area contributed by atoms with Crippen molar-refractivity contribution in [3.05, 3.63) is 86.1 Å². The smallest absolute Gasteiger partial charge is 0.382 e. The normalized spacial score (nSPS) is 11.2. The number of nitrogens with two attached hydrogens (primary N) is 1. The molecule has 0 amide bonds. The van der Waals surface area contributed by atoms with E-state index in [1.54, 1.807) is 0 Å². The van der Waals surface area contributed by atoms with Crippen LogP contribution in [0, 0.1) is 39.7 Å². The van der Waals surface area contributed by atoms with Crippen LogP contribution in [0.3, 0.4) is 0 Å². The van der Waals surface area contributed by atoms with E-state index in [4.69, 9.17) is 5.73 Å². The van der Waals surface area contributed by atoms with E-state index < -0.39 is 33.6 Å². The molecule has 2 N–H and O–H groups in total. The summed E-state index contributed by atoms with van der Waals surface area (Å²) in [6.07, 6.45) is -4.77. The Labute approximate surface area is 190 Å². The summed E-state index contributed by atoms with van der Waals surface area (Å²) in [6, 6.07) is 13.5. The van der Waals surface area contributed by atoms with Gasteiger partial charge in [-0.25, -0.2) is 4.98 Å². The monoisotopic (exact) mass is 465 g/mol. The molecule has 3 aromatic rings. The van der Waals surface area contributed by atoms with Crippen LogP contribution in [-0.2, 0) is 12.6 Å². The van der Waals surface area contributed by atoms with Crippen LogP contribution in [0.4, 0.5) is 36.1 Å². The van der Waals surface area contributed by atoms with Gasteiger partial charge in [-0.1, -0.05) is 30.3 Å². The van der Waals surface area contributed by atoms with Crippen molar-refractivity contribution in [3.8, 4) is 12.1 Å². The number of nitrogen functional groups attached to an aromatic ring is 1. The predicted molar refractivity (Wildman–Crippen MR) is 114 cm³/mol. The van der Waals surface area contributed by atoms with Crippen LogP contribution in [0.15, 0.2) is 52.7 Å². The molecule has 0 bridgehead atoms. The second-order valence-corrected chi connectivity index (χ2v) is 7.02. The summed E-state index contributed by atoms with van der Waals surface area (Å²) in [5, 5.41) is 37.2. The van der Waals surface area contributed by atoms with Crippen molar-refractivity contribution in [1.29, 1.82) is 10.5 Å². The summed E-state index contributed by atoms with van der Waals surface area (Å²) in [5.74, 6) is -0.180. The van der Waals surface area contributed by atoms with E-state index in [0.717, 1.165) is 5.56 Å². The van der Waals surface area contributed by atoms with Crippen LogP contribution in [0.1, 0.15) is 33.5 Å². The number of pyridine rings is 1. The lowest BCUT2D eigenvalue weighted by atomic mass is 10.0. The average molecular weight is 465 g/mol. The highest BCUT2D eigenvalue weighted by molar-refractivity contribution is 5.69. The number of aromatic nitrogens is 1. The fraction of sp³-hybridized carbons (Fsp3) is 0.136. The van der Waals surface area contributed by atoms with Gasteiger partial charge < -0.3 is 5.73 Å². The van der Waals surface area contributed by atoms with Gasteiger partial charge in [-0.2, -0.15) is 23.7 Å². The summed E-state index contributed by atoms with van der Waals surface area (Å²) in [6.45, 7) is 1.49. The Morgan fingerprint density at radius 2 is 1.76 bits per heavy atom. The van der Waals surface area contributed by atoms with E-state index in [1.165, 1.54) is 13.0 Å². The number of azo groups is 1. The number of hydrogen-bond donors (Lipinski definition) is 1. The van der Waals surface area contributed by atoms with Gasteiger partial charge in [0.1, 0.15) is 23.5 Å². The molecule has 0 spiro atoms. The Bertz CT molecular complexity index is 1390. The van der Waals surface area contributed by atoms with E-state index in [2.05, 4.69) is 15.2 Å². The first-order valence-corrected chi connectivity index (χ1v) is 9.51. The molecule has 0 saturated heterocycles. The maximum absolute atomic E-state index is 13.6. The molecule has 0 radical (unpaired) electrons. The SMILES string of the molecule is Cc1c(C#N)c(Cc2ccccc2)nc(N)c1N=Nc1c(C#N)cc([N+](=O)[O-])cc1C(F)(F)F. The summed E-state index contributed by atoms with van der Waals surface area (Å²) < 4.78 is 40.7. The number of hydrogen-bond acceptors (Lipinski definition) is 8. The Kier molecular flexibility index (Phi) is 6.54. The summed E-state index contributed by atoms with van der Waals surface area (Å²) >= 11 is 0. The third kappa shape index (κ3) is 4.81. The molecule has 34 heavy (non-hydrogen) atoms. The zero-order valence-corrected chi connectivity index (χ0v) is 17.5. The number of benzene rings is 2. The van der Waals surface area contributed by atoms with Crippen molar-refractivity contribution in [2.45, 2.75) is 19.5 Å². The first-order chi connectivity index (χ1) is 16.1. The maximum atomic E-state index is 13.6. The molecule has 9 nitrogen and oxygen atoms in total. The van der Waals surface area contributed by atoms with Gasteiger partial charge >= 0.3 is 6.18 Å². The molecule has 3 rings (SSSR count). The molecule has 2 aromatic carbocycles. The molecule has 1 aromatic heterocycles. The minimum absolute atomic E-state index is 0.132. The van der Waals surface area contributed by atoms with E-state index in [-0.39, 0.29) is 35.1 Å². The summed E-state index contributed by atoms with van der Waals surface area (Å²) in [4.78, 5) is 14.1. The van der Waals surface area contributed by atoms with Gasteiger partial charge in [0.25, 0.3) is 5.69 Å². The van der Waals surface area contributed by atoms with Crippen LogP contribution >= 0.6 is 0 Å². The molecule has 0 unspecified atom stereocenters. The van der Waals surface area contributed by atoms with Gasteiger partial charge in [-0.05, 0) is 18.1 Å². The molecule has 0 aliphatic rings. The molecule has 0 aliphatic heterocycles. The Morgan fingerprint density at radius 1 is 1.12 bits per heavy atom. The zero-order valence-electron chi connectivity index (χ0n) is 17.5. The number of anilines is 1. The standard InChI is InChI=1S/C22H14F3N7O2/c1-12-16(11-27)18(7-13-5-3-2-4-6-13)29-21(28)19(12)30-31-20-14(10-26)8-15(32(33)34)9-17(20)22(23,24)25/h2-6,8-9H,7H2,1H3,(H2,28,29). The van der Waals surface area contributed by atoms with Crippen molar-refractivity contribution in [3.63, 3.8) is 0 Å². The Hall–Kier alpha value is -4.84. The van der Waals surface area contributed by atoms with Gasteiger partial charge in [-0.15, -0.1) is 10.2 Å². The fourth-order valence-corrected chi connectivity index (χ4v) is 3.21. The number of nitrogens with zero attached hydrogens (tertiary/aromatic N) is 6. The largest absolute Gasteiger partial charge is 0.418 e. The number of nitro groups is 1. The zero-order chi connectivity index (χ0) is 25.0. The third-order valence-electron chi connectivity index (χ3n) is 4.82. The second-order valence-electron chi connectivity index (χ2n) is 7.02. The quantitative estimate of drug-likeness (QED) is 0.292. The van der Waals surface area contributed by atoms with E-state index in [1.807, 2.05) is 36.4 Å². The lowest BCUT2D eigenvalue weighted by molar-refractivity contribution is -0.385. The highest BCUT2D eigenvalue weighted by atomic mass is 19.4. The highest BCUT2D eigenvalue weighted by Crippen LogP contribution is 2.42. The molecule has 1 heterocycles. The van der Waals surface area contributed by atoms with Gasteiger partial charge in [0, 0.05) is 18.6 Å². The first kappa shape index (κ1) is 23.8. The minimum Gasteiger partial charge on any atom is -0.382 e. The number of non-ortho nitro benzene ring substituents is 1. The fourth-order valence-electron chi connectivity index (χ4n) is 3.21. The van der Waals surface area contributed by atoms with E-state index in [0.29, 0.717) is 11.8 Å². The van der Waals surface area contributed by atoms with Crippen LogP contribution < -0.4 is 5.73 Å². The lowest BCUT2D eigenvalue weighted by Crippen LogP contribution is -2.07. The predicted octanol–water partition coefficient (Wildman–Crippen LogP) is 5.65. The molecular weight excluding hydrogens is 451 g/mol. The molecule has 0 aliphatic carbocycles. The molecule has 0 atom stereocenters. The van der Waals surface area contributed by atoms with Gasteiger partial charge in [-0.3, -0.25) is 10.1 Å². The van der Waals surface area contributed by atoms with Crippen LogP contribution in [0.5, 0.6) is 0 Å². The van der Waals surface area contributed by atoms with Crippen LogP contribution in [0.25, 0.3) is 0 Å². The third-order valence-corrected chi connectivity index (χ3v) is 4.82. The topological polar surface area (TPSA) is 154 Å². The van der Waals surface area contributed by atoms with Crippen molar-refractivity contribution >= 4 is 22.9 Å². The lowest BCUT2D eigenvalue weighted by Gasteiger charge is -2.12. The van der Waals surface area contributed by atoms with Gasteiger partial charge in [0.2, 0.25) is 0 Å². The molecule has 170 valence electrons. The molecule has 12 heteroatoms. The molecule has 0 fully saturated rings. The second kappa shape index (κ2) is 9.34. The Balaban J connectivity index is 2.14. The molecule has 0 saturated carbocycles. The van der Waals surface area contributed by atoms with Gasteiger partial charge in [0.05, 0.1) is 27.3 Å². The molecular formula is C22H14F3N7O2. The number of nitro benzene ring substituents is 1. The van der Waals surface area contributed by atoms with Crippen molar-refractivity contribution < 1.29 is 18.1 Å². The minimum atomic E-state index is -5.05. The van der Waals surface area contributed by atoms with E-state index in [9.17, 15) is 33.8 Å². The van der Waals surface area contributed by atoms with Crippen LogP contribution in [0.2, 0.25) is 0 Å². The van der Waals surface area contributed by atoms with E-state index >= 15 is 0 Å². The Morgan fingerprint density at radius 3 is 2.32 bits per heavy atom. The number of alkyl halides is 3. The maximum Gasteiger partial charge on any atom is 0.418 e. The number of nitriles is 2. The summed E-state index contributed by atoms with van der Waals surface area (Å²) in [7, 11) is 0. The van der Waals surface area contributed by atoms with Crippen molar-refractivity contribution in [1.82, 2.24) is 4.98 Å². The van der Waals surface area contributed by atoms with Crippen LogP contribution in [-0.4, -0.2) is 9.91 Å². The number of halogens is 3. The van der Waals surface area contributed by atoms with Gasteiger partial charge in [0.15, 0.2) is 5.82 Å². The average Bonchev–Trinajstić information content (AvgIpc) is 2.78. The highest BCUT2D eigenvalue weighted by Gasteiger charge is 2.37.